The van der Waals surface area contributed by atoms with Crippen LogP contribution in [-0.2, 0) is 20.9 Å². The summed E-state index contributed by atoms with van der Waals surface area (Å²) in [6, 6.07) is 21.6. The van der Waals surface area contributed by atoms with E-state index in [2.05, 4.69) is 18.2 Å². The first-order valence-corrected chi connectivity index (χ1v) is 11.9. The summed E-state index contributed by atoms with van der Waals surface area (Å²) in [5.74, 6) is -0.385. The Labute approximate surface area is 202 Å². The van der Waals surface area contributed by atoms with Gasteiger partial charge in [0.1, 0.15) is 18.9 Å². The number of amides is 2. The van der Waals surface area contributed by atoms with E-state index < -0.39 is 17.1 Å². The molecule has 1 aliphatic rings. The molecule has 1 aliphatic heterocycles. The summed E-state index contributed by atoms with van der Waals surface area (Å²) >= 11 is 0.816. The molecule has 0 unspecified atom stereocenters. The number of imide groups is 1. The molecule has 34 heavy (non-hydrogen) atoms. The van der Waals surface area contributed by atoms with Crippen LogP contribution in [0.3, 0.4) is 0 Å². The predicted octanol–water partition coefficient (Wildman–Crippen LogP) is 5.80. The number of carbonyl (C=O) groups is 3. The lowest BCUT2D eigenvalue weighted by atomic mass is 10.1. The molecule has 174 valence electrons. The summed E-state index contributed by atoms with van der Waals surface area (Å²) in [5.41, 5.74) is 1.85. The molecule has 4 rings (SSSR count). The number of carbonyl (C=O) groups excluding carboxylic acids is 3. The van der Waals surface area contributed by atoms with Gasteiger partial charge in [0.25, 0.3) is 11.1 Å². The van der Waals surface area contributed by atoms with Gasteiger partial charge < -0.3 is 9.47 Å². The number of rotatable bonds is 8. The van der Waals surface area contributed by atoms with Gasteiger partial charge in [0.15, 0.2) is 0 Å². The highest BCUT2D eigenvalue weighted by molar-refractivity contribution is 8.18. The van der Waals surface area contributed by atoms with Crippen LogP contribution < -0.4 is 4.74 Å². The third-order valence-electron chi connectivity index (χ3n) is 5.52. The number of fused-ring (bicyclic) bond motifs is 1. The summed E-state index contributed by atoms with van der Waals surface area (Å²) in [5, 5.41) is 1.85. The smallest absolute Gasteiger partial charge is 0.326 e. The predicted molar refractivity (Wildman–Crippen MR) is 133 cm³/mol. The van der Waals surface area contributed by atoms with E-state index in [9.17, 15) is 14.4 Å². The molecule has 3 aromatic carbocycles. The van der Waals surface area contributed by atoms with Gasteiger partial charge in [-0.05, 0) is 65.2 Å². The summed E-state index contributed by atoms with van der Waals surface area (Å²) in [6.45, 7) is 3.71. The number of nitrogens with zero attached hydrogens (tertiary/aromatic N) is 1. The molecule has 1 atom stereocenters. The molecule has 0 spiro atoms. The molecule has 0 radical (unpaired) electrons. The molecule has 0 saturated carbocycles. The second-order valence-electron chi connectivity index (χ2n) is 7.97. The van der Waals surface area contributed by atoms with Gasteiger partial charge in [-0.1, -0.05) is 61.5 Å². The molecule has 0 aromatic heterocycles. The average molecular weight is 476 g/mol. The zero-order valence-electron chi connectivity index (χ0n) is 19.0. The van der Waals surface area contributed by atoms with Crippen molar-refractivity contribution in [3.05, 3.63) is 82.8 Å². The zero-order valence-corrected chi connectivity index (χ0v) is 19.8. The van der Waals surface area contributed by atoms with Gasteiger partial charge in [-0.3, -0.25) is 19.3 Å². The standard InChI is InChI=1S/C27H25NO5S/c1-3-18(2)33-25(29)16-28-26(30)24(34-27(28)31)15-19-11-13-22(14-12-19)32-17-21-9-6-8-20-7-4-5-10-23(20)21/h4-15,18H,3,16-17H2,1-2H3/b24-15+/t18-/m1/s1. The molecule has 7 heteroatoms. The van der Waals surface area contributed by atoms with Crippen molar-refractivity contribution in [3.8, 4) is 5.75 Å². The van der Waals surface area contributed by atoms with E-state index in [0.717, 1.165) is 33.2 Å². The third-order valence-corrected chi connectivity index (χ3v) is 6.43. The van der Waals surface area contributed by atoms with Gasteiger partial charge in [0.05, 0.1) is 11.0 Å². The number of esters is 1. The summed E-state index contributed by atoms with van der Waals surface area (Å²) in [6.07, 6.45) is 2.04. The lowest BCUT2D eigenvalue weighted by Gasteiger charge is -2.14. The van der Waals surface area contributed by atoms with Crippen LogP contribution in [0.15, 0.2) is 71.6 Å². The van der Waals surface area contributed by atoms with Gasteiger partial charge in [-0.15, -0.1) is 0 Å². The second-order valence-corrected chi connectivity index (χ2v) is 8.97. The lowest BCUT2D eigenvalue weighted by Crippen LogP contribution is -2.35. The maximum Gasteiger partial charge on any atom is 0.326 e. The zero-order chi connectivity index (χ0) is 24.1. The number of ether oxygens (including phenoxy) is 2. The van der Waals surface area contributed by atoms with Crippen LogP contribution in [0.1, 0.15) is 31.4 Å². The molecular weight excluding hydrogens is 450 g/mol. The van der Waals surface area contributed by atoms with Gasteiger partial charge >= 0.3 is 5.97 Å². The van der Waals surface area contributed by atoms with E-state index in [1.807, 2.05) is 55.5 Å². The Balaban J connectivity index is 1.39. The van der Waals surface area contributed by atoms with Crippen molar-refractivity contribution in [3.63, 3.8) is 0 Å². The van der Waals surface area contributed by atoms with Crippen LogP contribution in [-0.4, -0.2) is 34.7 Å². The van der Waals surface area contributed by atoms with Crippen molar-refractivity contribution in [2.24, 2.45) is 0 Å². The van der Waals surface area contributed by atoms with E-state index in [1.165, 1.54) is 5.39 Å². The molecule has 0 bridgehead atoms. The number of benzene rings is 3. The minimum atomic E-state index is -0.592. The highest BCUT2D eigenvalue weighted by atomic mass is 32.2. The van der Waals surface area contributed by atoms with Crippen molar-refractivity contribution < 1.29 is 23.9 Å². The van der Waals surface area contributed by atoms with E-state index in [0.29, 0.717) is 18.8 Å². The van der Waals surface area contributed by atoms with Crippen molar-refractivity contribution >= 4 is 45.7 Å². The highest BCUT2D eigenvalue weighted by Gasteiger charge is 2.36. The SMILES string of the molecule is CC[C@@H](C)OC(=O)CN1C(=O)S/C(=C/c2ccc(OCc3cccc4ccccc34)cc2)C1=O. The molecule has 6 nitrogen and oxygen atoms in total. The monoisotopic (exact) mass is 475 g/mol. The number of hydrogen-bond acceptors (Lipinski definition) is 6. The first-order chi connectivity index (χ1) is 16.4. The summed E-state index contributed by atoms with van der Waals surface area (Å²) in [7, 11) is 0. The van der Waals surface area contributed by atoms with Crippen molar-refractivity contribution in [1.82, 2.24) is 4.90 Å². The quantitative estimate of drug-likeness (QED) is 0.303. The largest absolute Gasteiger partial charge is 0.489 e. The fraction of sp³-hybridized carbons (Fsp3) is 0.222. The minimum Gasteiger partial charge on any atom is -0.489 e. The van der Waals surface area contributed by atoms with E-state index in [4.69, 9.17) is 9.47 Å². The van der Waals surface area contributed by atoms with Crippen LogP contribution in [0, 0.1) is 0 Å². The lowest BCUT2D eigenvalue weighted by molar-refractivity contribution is -0.150. The van der Waals surface area contributed by atoms with Crippen molar-refractivity contribution in [1.29, 1.82) is 0 Å². The molecule has 1 fully saturated rings. The van der Waals surface area contributed by atoms with Crippen molar-refractivity contribution in [2.45, 2.75) is 33.0 Å². The summed E-state index contributed by atoms with van der Waals surface area (Å²) < 4.78 is 11.1. The van der Waals surface area contributed by atoms with Gasteiger partial charge in [-0.25, -0.2) is 0 Å². The van der Waals surface area contributed by atoms with Gasteiger partial charge in [-0.2, -0.15) is 0 Å². The Bertz CT molecular complexity index is 1250. The average Bonchev–Trinajstić information content (AvgIpc) is 3.10. The molecular formula is C27H25NO5S. The van der Waals surface area contributed by atoms with E-state index in [-0.39, 0.29) is 17.6 Å². The number of thioether (sulfide) groups is 1. The molecule has 3 aromatic rings. The van der Waals surface area contributed by atoms with Gasteiger partial charge in [0, 0.05) is 0 Å². The van der Waals surface area contributed by atoms with Crippen LogP contribution in [0.5, 0.6) is 5.75 Å². The Morgan fingerprint density at radius 3 is 2.53 bits per heavy atom. The highest BCUT2D eigenvalue weighted by Crippen LogP contribution is 2.32. The fourth-order valence-corrected chi connectivity index (χ4v) is 4.34. The maximum atomic E-state index is 12.6. The van der Waals surface area contributed by atoms with E-state index in [1.54, 1.807) is 13.0 Å². The Kier molecular flexibility index (Phi) is 7.33. The normalized spacial score (nSPS) is 15.7. The third kappa shape index (κ3) is 5.48. The van der Waals surface area contributed by atoms with E-state index >= 15 is 0 Å². The molecule has 0 N–H and O–H groups in total. The number of hydrogen-bond donors (Lipinski definition) is 0. The van der Waals surface area contributed by atoms with Crippen LogP contribution >= 0.6 is 11.8 Å². The maximum absolute atomic E-state index is 12.6. The summed E-state index contributed by atoms with van der Waals surface area (Å²) in [4.78, 5) is 38.0. The Morgan fingerprint density at radius 1 is 1.03 bits per heavy atom. The molecule has 2 amide bonds. The molecule has 1 heterocycles. The van der Waals surface area contributed by atoms with Gasteiger partial charge in [0.2, 0.25) is 0 Å². The topological polar surface area (TPSA) is 72.9 Å². The molecule has 0 aliphatic carbocycles. The van der Waals surface area contributed by atoms with Crippen LogP contribution in [0.25, 0.3) is 16.8 Å². The molecule has 1 saturated heterocycles. The Hall–Kier alpha value is -3.58. The second kappa shape index (κ2) is 10.6. The Morgan fingerprint density at radius 2 is 1.76 bits per heavy atom. The van der Waals surface area contributed by atoms with Crippen LogP contribution in [0.2, 0.25) is 0 Å². The first kappa shape index (κ1) is 23.6. The minimum absolute atomic E-state index is 0.260. The fourth-order valence-electron chi connectivity index (χ4n) is 3.50. The van der Waals surface area contributed by atoms with Crippen molar-refractivity contribution in [2.75, 3.05) is 6.54 Å². The van der Waals surface area contributed by atoms with Crippen LogP contribution in [0.4, 0.5) is 4.79 Å². The first-order valence-electron chi connectivity index (χ1n) is 11.1.